The van der Waals surface area contributed by atoms with Crippen LogP contribution in [0.2, 0.25) is 0 Å². The molecule has 2 aromatic rings. The highest BCUT2D eigenvalue weighted by molar-refractivity contribution is 6.05. The second-order valence-corrected chi connectivity index (χ2v) is 7.38. The minimum Gasteiger partial charge on any atom is -0.378 e. The number of fused-ring (bicyclic) bond motifs is 1. The van der Waals surface area contributed by atoms with Crippen LogP contribution in [0.1, 0.15) is 40.7 Å². The van der Waals surface area contributed by atoms with Gasteiger partial charge in [-0.1, -0.05) is 12.1 Å². The largest absolute Gasteiger partial charge is 0.378 e. The number of benzene rings is 1. The summed E-state index contributed by atoms with van der Waals surface area (Å²) >= 11 is 0. The molecule has 4 rings (SSSR count). The van der Waals surface area contributed by atoms with Crippen molar-refractivity contribution in [3.05, 3.63) is 47.3 Å². The van der Waals surface area contributed by atoms with Crippen molar-refractivity contribution in [3.8, 4) is 0 Å². The summed E-state index contributed by atoms with van der Waals surface area (Å²) in [6.07, 6.45) is 5.22. The van der Waals surface area contributed by atoms with Crippen LogP contribution in [0.3, 0.4) is 0 Å². The molecule has 2 aliphatic heterocycles. The van der Waals surface area contributed by atoms with Gasteiger partial charge in [0.25, 0.3) is 5.91 Å². The van der Waals surface area contributed by atoms with Gasteiger partial charge in [0.15, 0.2) is 0 Å². The fourth-order valence-corrected chi connectivity index (χ4v) is 3.77. The number of nitrogens with one attached hydrogen (secondary N) is 2. The van der Waals surface area contributed by atoms with E-state index in [0.29, 0.717) is 31.6 Å². The molecule has 3 heterocycles. The van der Waals surface area contributed by atoms with Crippen molar-refractivity contribution in [2.24, 2.45) is 5.73 Å². The van der Waals surface area contributed by atoms with Crippen molar-refractivity contribution in [2.45, 2.75) is 44.9 Å². The summed E-state index contributed by atoms with van der Waals surface area (Å²) in [5, 5.41) is 9.95. The maximum Gasteiger partial charge on any atom is 0.255 e. The second-order valence-electron chi connectivity index (χ2n) is 7.38. The molecular weight excluding hydrogens is 372 g/mol. The monoisotopic (exact) mass is 396 g/mol. The number of carbonyl (C=O) groups excluding carboxylic acids is 3. The average molecular weight is 396 g/mol. The standard InChI is InChI=1S/C20H24N6O3/c21-6-1-7-25-12-15(10-23-25)22-9-13-2-3-16-14(8-13)11-26(20(16)29)17-4-5-18(27)24-19(17)28/h2-3,8,10,12,17,22H,1,4-7,9,11,21H2,(H,24,27,28). The van der Waals surface area contributed by atoms with Crippen molar-refractivity contribution in [2.75, 3.05) is 11.9 Å². The number of nitrogens with zero attached hydrogens (tertiary/aromatic N) is 3. The lowest BCUT2D eigenvalue weighted by Gasteiger charge is -2.29. The first kappa shape index (κ1) is 19.1. The Bertz CT molecular complexity index is 953. The van der Waals surface area contributed by atoms with Crippen molar-refractivity contribution < 1.29 is 14.4 Å². The van der Waals surface area contributed by atoms with Crippen LogP contribution in [0.15, 0.2) is 30.6 Å². The molecule has 3 amide bonds. The number of carbonyl (C=O) groups is 3. The Balaban J connectivity index is 1.40. The van der Waals surface area contributed by atoms with E-state index < -0.39 is 11.9 Å². The molecule has 1 atom stereocenters. The Morgan fingerprint density at radius 3 is 2.93 bits per heavy atom. The van der Waals surface area contributed by atoms with Crippen LogP contribution >= 0.6 is 0 Å². The van der Waals surface area contributed by atoms with Gasteiger partial charge in [-0.2, -0.15) is 5.10 Å². The van der Waals surface area contributed by atoms with E-state index in [4.69, 9.17) is 5.73 Å². The van der Waals surface area contributed by atoms with E-state index in [1.165, 1.54) is 0 Å². The molecule has 0 spiro atoms. The lowest BCUT2D eigenvalue weighted by Crippen LogP contribution is -2.52. The average Bonchev–Trinajstić information content (AvgIpc) is 3.29. The molecule has 1 saturated heterocycles. The van der Waals surface area contributed by atoms with Gasteiger partial charge in [-0.15, -0.1) is 0 Å². The first-order valence-electron chi connectivity index (χ1n) is 9.78. The molecular formula is C20H24N6O3. The van der Waals surface area contributed by atoms with Crippen LogP contribution in [0.5, 0.6) is 0 Å². The summed E-state index contributed by atoms with van der Waals surface area (Å²) in [6, 6.07) is 5.13. The minimum absolute atomic E-state index is 0.157. The molecule has 4 N–H and O–H groups in total. The topological polar surface area (TPSA) is 122 Å². The smallest absolute Gasteiger partial charge is 0.255 e. The molecule has 1 unspecified atom stereocenters. The Morgan fingerprint density at radius 1 is 1.28 bits per heavy atom. The molecule has 2 aliphatic rings. The van der Waals surface area contributed by atoms with Gasteiger partial charge in [-0.25, -0.2) is 0 Å². The fraction of sp³-hybridized carbons (Fsp3) is 0.400. The lowest BCUT2D eigenvalue weighted by atomic mass is 10.0. The molecule has 29 heavy (non-hydrogen) atoms. The van der Waals surface area contributed by atoms with E-state index in [0.717, 1.165) is 29.8 Å². The summed E-state index contributed by atoms with van der Waals surface area (Å²) in [7, 11) is 0. The Hall–Kier alpha value is -3.20. The first-order chi connectivity index (χ1) is 14.0. The van der Waals surface area contributed by atoms with Crippen LogP contribution in [-0.4, -0.2) is 45.0 Å². The Kier molecular flexibility index (Phi) is 5.30. The Labute approximate surface area is 168 Å². The third kappa shape index (κ3) is 4.00. The first-order valence-corrected chi connectivity index (χ1v) is 9.78. The normalized spacial score (nSPS) is 18.7. The van der Waals surface area contributed by atoms with Crippen LogP contribution in [-0.2, 0) is 29.2 Å². The quantitative estimate of drug-likeness (QED) is 0.589. The molecule has 1 aromatic heterocycles. The molecule has 152 valence electrons. The van der Waals surface area contributed by atoms with Crippen LogP contribution < -0.4 is 16.4 Å². The van der Waals surface area contributed by atoms with Gasteiger partial charge in [0, 0.05) is 37.8 Å². The molecule has 1 aromatic carbocycles. The fourth-order valence-electron chi connectivity index (χ4n) is 3.77. The van der Waals surface area contributed by atoms with Crippen molar-refractivity contribution in [1.82, 2.24) is 20.0 Å². The predicted octanol–water partition coefficient (Wildman–Crippen LogP) is 0.605. The summed E-state index contributed by atoms with van der Waals surface area (Å²) in [5.74, 6) is -0.832. The van der Waals surface area contributed by atoms with E-state index in [-0.39, 0.29) is 18.2 Å². The molecule has 0 aliphatic carbocycles. The number of aromatic nitrogens is 2. The van der Waals surface area contributed by atoms with E-state index in [2.05, 4.69) is 15.7 Å². The molecule has 0 radical (unpaired) electrons. The minimum atomic E-state index is -0.589. The maximum absolute atomic E-state index is 12.7. The number of hydrogen-bond acceptors (Lipinski definition) is 6. The SMILES string of the molecule is NCCCn1cc(NCc2ccc3c(c2)CN(C2CCC(=O)NC2=O)C3=O)cn1. The second kappa shape index (κ2) is 8.04. The highest BCUT2D eigenvalue weighted by Gasteiger charge is 2.38. The van der Waals surface area contributed by atoms with Crippen molar-refractivity contribution in [1.29, 1.82) is 0 Å². The summed E-state index contributed by atoms with van der Waals surface area (Å²) < 4.78 is 1.86. The van der Waals surface area contributed by atoms with E-state index in [1.54, 1.807) is 11.1 Å². The number of hydrogen-bond donors (Lipinski definition) is 3. The molecule has 1 fully saturated rings. The van der Waals surface area contributed by atoms with Gasteiger partial charge in [0.2, 0.25) is 11.8 Å². The number of nitrogens with two attached hydrogens (primary N) is 1. The molecule has 9 nitrogen and oxygen atoms in total. The number of imide groups is 1. The third-order valence-corrected chi connectivity index (χ3v) is 5.31. The highest BCUT2D eigenvalue weighted by atomic mass is 16.2. The predicted molar refractivity (Wildman–Crippen MR) is 106 cm³/mol. The van der Waals surface area contributed by atoms with Crippen molar-refractivity contribution >= 4 is 23.4 Å². The number of anilines is 1. The summed E-state index contributed by atoms with van der Waals surface area (Å²) in [4.78, 5) is 37.8. The van der Waals surface area contributed by atoms with Gasteiger partial charge in [-0.05, 0) is 36.6 Å². The highest BCUT2D eigenvalue weighted by Crippen LogP contribution is 2.28. The van der Waals surface area contributed by atoms with Gasteiger partial charge < -0.3 is 16.0 Å². The van der Waals surface area contributed by atoms with Gasteiger partial charge in [0.05, 0.1) is 11.9 Å². The van der Waals surface area contributed by atoms with Crippen LogP contribution in [0.25, 0.3) is 0 Å². The molecule has 0 bridgehead atoms. The van der Waals surface area contributed by atoms with E-state index >= 15 is 0 Å². The zero-order valence-electron chi connectivity index (χ0n) is 16.1. The Morgan fingerprint density at radius 2 is 2.14 bits per heavy atom. The third-order valence-electron chi connectivity index (χ3n) is 5.31. The molecule has 9 heteroatoms. The summed E-state index contributed by atoms with van der Waals surface area (Å²) in [6.45, 7) is 2.40. The maximum atomic E-state index is 12.7. The summed E-state index contributed by atoms with van der Waals surface area (Å²) in [5.41, 5.74) is 9.00. The number of rotatable bonds is 7. The van der Waals surface area contributed by atoms with Crippen LogP contribution in [0, 0.1) is 0 Å². The van der Waals surface area contributed by atoms with Crippen molar-refractivity contribution in [3.63, 3.8) is 0 Å². The zero-order chi connectivity index (χ0) is 20.4. The lowest BCUT2D eigenvalue weighted by molar-refractivity contribution is -0.136. The van der Waals surface area contributed by atoms with Gasteiger partial charge >= 0.3 is 0 Å². The van der Waals surface area contributed by atoms with E-state index in [9.17, 15) is 14.4 Å². The number of piperidine rings is 1. The van der Waals surface area contributed by atoms with Gasteiger partial charge in [-0.3, -0.25) is 24.4 Å². The van der Waals surface area contributed by atoms with Gasteiger partial charge in [0.1, 0.15) is 6.04 Å². The van der Waals surface area contributed by atoms with Crippen LogP contribution in [0.4, 0.5) is 5.69 Å². The van der Waals surface area contributed by atoms with E-state index in [1.807, 2.05) is 29.1 Å². The molecule has 0 saturated carbocycles. The number of aryl methyl sites for hydroxylation is 1. The number of amides is 3. The zero-order valence-corrected chi connectivity index (χ0v) is 16.1.